The van der Waals surface area contributed by atoms with Crippen LogP contribution < -0.4 is 9.47 Å². The first-order valence-corrected chi connectivity index (χ1v) is 11.2. The maximum absolute atomic E-state index is 13.5. The van der Waals surface area contributed by atoms with Crippen LogP contribution in [-0.2, 0) is 25.6 Å². The number of hydrogen-bond donors (Lipinski definition) is 1. The molecule has 0 spiro atoms. The number of rotatable bonds is 6. The Labute approximate surface area is 203 Å². The molecule has 0 unspecified atom stereocenters. The van der Waals surface area contributed by atoms with Crippen LogP contribution in [0, 0.1) is 25.0 Å². The number of esters is 2. The highest BCUT2D eigenvalue weighted by Crippen LogP contribution is 2.40. The number of imidazole rings is 1. The van der Waals surface area contributed by atoms with E-state index < -0.39 is 29.6 Å². The summed E-state index contributed by atoms with van der Waals surface area (Å²) < 4.78 is 18.5. The van der Waals surface area contributed by atoms with E-state index in [4.69, 9.17) is 14.2 Å². The molecule has 3 aromatic rings. The van der Waals surface area contributed by atoms with Gasteiger partial charge in [-0.25, -0.2) is 9.30 Å². The van der Waals surface area contributed by atoms with Crippen LogP contribution in [0.15, 0.2) is 48.5 Å². The van der Waals surface area contributed by atoms with Crippen LogP contribution in [0.1, 0.15) is 48.1 Å². The molecule has 0 saturated carbocycles. The zero-order valence-electron chi connectivity index (χ0n) is 20.3. The van der Waals surface area contributed by atoms with E-state index in [0.29, 0.717) is 23.5 Å². The Hall–Kier alpha value is -4.01. The highest BCUT2D eigenvalue weighted by Gasteiger charge is 2.52. The van der Waals surface area contributed by atoms with E-state index >= 15 is 0 Å². The number of aromatic hydroxyl groups is 1. The monoisotopic (exact) mass is 480 g/mol. The summed E-state index contributed by atoms with van der Waals surface area (Å²) in [6.45, 7) is 6.75. The smallest absolute Gasteiger partial charge is 0.324 e. The van der Waals surface area contributed by atoms with E-state index in [-0.39, 0.29) is 17.3 Å². The molecule has 4 rings (SSSR count). The van der Waals surface area contributed by atoms with E-state index in [9.17, 15) is 19.9 Å². The molecular formula is C26H28N2O7. The third kappa shape index (κ3) is 4.41. The summed E-state index contributed by atoms with van der Waals surface area (Å²) in [6.07, 6.45) is 0. The van der Waals surface area contributed by atoms with Crippen molar-refractivity contribution in [2.45, 2.75) is 45.9 Å². The SMILES string of the molecule is COc1ccc([C@H](c2n(Cc3ccccc3)c(C)c(C)[n+]2[O-])C2C(=O)OC(C)(C)OC2=O)cc1O. The van der Waals surface area contributed by atoms with Crippen molar-refractivity contribution in [1.82, 2.24) is 4.57 Å². The van der Waals surface area contributed by atoms with Crippen LogP contribution in [0.3, 0.4) is 0 Å². The third-order valence-electron chi connectivity index (χ3n) is 6.28. The molecule has 2 aromatic carbocycles. The highest BCUT2D eigenvalue weighted by atomic mass is 16.7. The second kappa shape index (κ2) is 8.98. The van der Waals surface area contributed by atoms with Gasteiger partial charge in [-0.1, -0.05) is 36.4 Å². The lowest BCUT2D eigenvalue weighted by Gasteiger charge is -2.35. The number of benzene rings is 2. The zero-order chi connectivity index (χ0) is 25.5. The van der Waals surface area contributed by atoms with E-state index in [2.05, 4.69) is 0 Å². The number of carbonyl (C=O) groups is 2. The van der Waals surface area contributed by atoms with Gasteiger partial charge in [-0.05, 0) is 23.3 Å². The van der Waals surface area contributed by atoms with Crippen molar-refractivity contribution < 1.29 is 33.6 Å². The summed E-state index contributed by atoms with van der Waals surface area (Å²) in [6, 6.07) is 14.0. The first kappa shape index (κ1) is 24.1. The summed E-state index contributed by atoms with van der Waals surface area (Å²) in [4.78, 5) is 26.3. The number of phenolic OH excluding ortho intramolecular Hbond substituents is 1. The molecule has 1 aromatic heterocycles. The van der Waals surface area contributed by atoms with Gasteiger partial charge in [0.1, 0.15) is 23.9 Å². The van der Waals surface area contributed by atoms with E-state index in [1.165, 1.54) is 33.1 Å². The van der Waals surface area contributed by atoms with Crippen molar-refractivity contribution >= 4 is 11.9 Å². The summed E-state index contributed by atoms with van der Waals surface area (Å²) in [5.74, 6) is -5.43. The number of nitrogens with zero attached hydrogens (tertiary/aromatic N) is 2. The van der Waals surface area contributed by atoms with Gasteiger partial charge in [0.25, 0.3) is 11.6 Å². The van der Waals surface area contributed by atoms with Gasteiger partial charge in [0.2, 0.25) is 0 Å². The number of phenols is 1. The molecule has 9 nitrogen and oxygen atoms in total. The van der Waals surface area contributed by atoms with Gasteiger partial charge in [0.05, 0.1) is 7.11 Å². The second-order valence-electron chi connectivity index (χ2n) is 9.02. The summed E-state index contributed by atoms with van der Waals surface area (Å²) in [7, 11) is 1.41. The second-order valence-corrected chi connectivity index (χ2v) is 9.02. The minimum absolute atomic E-state index is 0.159. The van der Waals surface area contributed by atoms with Gasteiger partial charge < -0.3 is 24.5 Å². The predicted molar refractivity (Wildman–Crippen MR) is 125 cm³/mol. The van der Waals surface area contributed by atoms with Crippen molar-refractivity contribution in [3.05, 3.63) is 82.1 Å². The van der Waals surface area contributed by atoms with Crippen molar-refractivity contribution in [2.24, 2.45) is 5.92 Å². The topological polar surface area (TPSA) is 114 Å². The first-order valence-electron chi connectivity index (χ1n) is 11.2. The Morgan fingerprint density at radius 3 is 2.31 bits per heavy atom. The van der Waals surface area contributed by atoms with Gasteiger partial charge >= 0.3 is 11.9 Å². The lowest BCUT2D eigenvalue weighted by Crippen LogP contribution is -2.50. The average Bonchev–Trinajstić information content (AvgIpc) is 3.00. The van der Waals surface area contributed by atoms with Crippen molar-refractivity contribution in [3.8, 4) is 11.5 Å². The standard InChI is InChI=1S/C26H28N2O7/c1-15-16(2)28(32)23(27(15)14-17-9-7-6-8-10-17)21(18-11-12-20(33-5)19(29)13-18)22-24(30)34-26(3,4)35-25(22)31/h6-13,21-22,29H,14H2,1-5H3/t21-/m0/s1. The fourth-order valence-corrected chi connectivity index (χ4v) is 4.45. The Balaban J connectivity index is 1.94. The maximum atomic E-state index is 13.5. The molecule has 9 heteroatoms. The van der Waals surface area contributed by atoms with E-state index in [0.717, 1.165) is 10.3 Å². The van der Waals surface area contributed by atoms with Crippen LogP contribution in [0.25, 0.3) is 0 Å². The number of cyclic esters (lactones) is 2. The van der Waals surface area contributed by atoms with Crippen LogP contribution in [0.4, 0.5) is 0 Å². The maximum Gasteiger partial charge on any atom is 0.324 e. The number of methoxy groups -OCH3 is 1. The first-order chi connectivity index (χ1) is 16.5. The van der Waals surface area contributed by atoms with Crippen molar-refractivity contribution in [2.75, 3.05) is 7.11 Å². The third-order valence-corrected chi connectivity index (χ3v) is 6.28. The fraction of sp³-hybridized carbons (Fsp3) is 0.346. The fourth-order valence-electron chi connectivity index (χ4n) is 4.45. The Bertz CT molecular complexity index is 1260. The molecule has 184 valence electrons. The number of aromatic nitrogens is 2. The lowest BCUT2D eigenvalue weighted by atomic mass is 9.84. The zero-order valence-corrected chi connectivity index (χ0v) is 20.3. The molecule has 1 saturated heterocycles. The van der Waals surface area contributed by atoms with Crippen LogP contribution in [0.2, 0.25) is 0 Å². The molecule has 0 radical (unpaired) electrons. The molecule has 1 N–H and O–H groups in total. The quantitative estimate of drug-likeness (QED) is 0.250. The van der Waals surface area contributed by atoms with Gasteiger partial charge in [0, 0.05) is 27.7 Å². The van der Waals surface area contributed by atoms with Crippen molar-refractivity contribution in [3.63, 3.8) is 0 Å². The number of hydrogen-bond acceptors (Lipinski definition) is 7. The van der Waals surface area contributed by atoms with Crippen LogP contribution in [-0.4, -0.2) is 34.5 Å². The van der Waals surface area contributed by atoms with Crippen LogP contribution in [0.5, 0.6) is 11.5 Å². The Kier molecular flexibility index (Phi) is 6.19. The molecule has 35 heavy (non-hydrogen) atoms. The summed E-state index contributed by atoms with van der Waals surface area (Å²) >= 11 is 0. The van der Waals surface area contributed by atoms with Crippen molar-refractivity contribution in [1.29, 1.82) is 0 Å². The molecule has 0 aliphatic carbocycles. The molecule has 0 bridgehead atoms. The minimum Gasteiger partial charge on any atom is -0.711 e. The normalized spacial score (nSPS) is 16.5. The molecule has 1 aliphatic rings. The molecule has 2 heterocycles. The van der Waals surface area contributed by atoms with Gasteiger partial charge in [-0.15, -0.1) is 0 Å². The summed E-state index contributed by atoms with van der Waals surface area (Å²) in [5.41, 5.74) is 2.40. The number of ether oxygens (including phenoxy) is 3. The van der Waals surface area contributed by atoms with E-state index in [1.54, 1.807) is 24.5 Å². The summed E-state index contributed by atoms with van der Waals surface area (Å²) in [5, 5.41) is 24.0. The Morgan fingerprint density at radius 2 is 1.74 bits per heavy atom. The minimum atomic E-state index is -1.46. The largest absolute Gasteiger partial charge is 0.711 e. The molecular weight excluding hydrogens is 452 g/mol. The lowest BCUT2D eigenvalue weighted by molar-refractivity contribution is -0.621. The molecule has 0 amide bonds. The van der Waals surface area contributed by atoms with E-state index in [1.807, 2.05) is 30.3 Å². The molecule has 1 fully saturated rings. The number of carbonyl (C=O) groups excluding carboxylic acids is 2. The molecule has 1 aliphatic heterocycles. The predicted octanol–water partition coefficient (Wildman–Crippen LogP) is 3.09. The van der Waals surface area contributed by atoms with Gasteiger partial charge in [-0.2, -0.15) is 0 Å². The van der Waals surface area contributed by atoms with Crippen LogP contribution >= 0.6 is 0 Å². The average molecular weight is 481 g/mol. The Morgan fingerprint density at radius 1 is 1.11 bits per heavy atom. The van der Waals surface area contributed by atoms with Gasteiger partial charge in [-0.3, -0.25) is 9.59 Å². The van der Waals surface area contributed by atoms with Gasteiger partial charge in [0.15, 0.2) is 17.4 Å². The highest BCUT2D eigenvalue weighted by molar-refractivity contribution is 5.98. The molecule has 1 atom stereocenters.